The van der Waals surface area contributed by atoms with Crippen LogP contribution in [0.5, 0.6) is 0 Å². The Morgan fingerprint density at radius 1 is 1.35 bits per heavy atom. The van der Waals surface area contributed by atoms with Crippen molar-refractivity contribution in [3.63, 3.8) is 0 Å². The van der Waals surface area contributed by atoms with Gasteiger partial charge in [-0.25, -0.2) is 0 Å². The van der Waals surface area contributed by atoms with Crippen LogP contribution in [0.4, 0.5) is 5.69 Å². The highest BCUT2D eigenvalue weighted by Crippen LogP contribution is 2.30. The van der Waals surface area contributed by atoms with Crippen LogP contribution in [0.3, 0.4) is 0 Å². The van der Waals surface area contributed by atoms with E-state index in [9.17, 15) is 5.11 Å². The molecule has 0 bridgehead atoms. The number of anilines is 1. The molecule has 0 aromatic heterocycles. The van der Waals surface area contributed by atoms with Crippen molar-refractivity contribution in [3.05, 3.63) is 40.3 Å². The maximum Gasteiger partial charge on any atom is 0.0876 e. The molecule has 0 radical (unpaired) electrons. The molecule has 5 nitrogen and oxygen atoms in total. The Hall–Kier alpha value is -1.71. The largest absolute Gasteiger partial charge is 0.396 e. The van der Waals surface area contributed by atoms with E-state index in [-0.39, 0.29) is 6.61 Å². The van der Waals surface area contributed by atoms with Crippen molar-refractivity contribution in [1.82, 2.24) is 0 Å². The summed E-state index contributed by atoms with van der Waals surface area (Å²) in [6.07, 6.45) is 2.39. The fourth-order valence-electron chi connectivity index (χ4n) is 2.27. The van der Waals surface area contributed by atoms with Gasteiger partial charge in [-0.3, -0.25) is 0 Å². The second kappa shape index (κ2) is 5.57. The van der Waals surface area contributed by atoms with Gasteiger partial charge in [-0.2, -0.15) is 0 Å². The summed E-state index contributed by atoms with van der Waals surface area (Å²) in [7, 11) is 0. The van der Waals surface area contributed by atoms with E-state index < -0.39 is 6.04 Å². The minimum absolute atomic E-state index is 0.158. The van der Waals surface area contributed by atoms with E-state index in [2.05, 4.69) is 14.9 Å². The van der Waals surface area contributed by atoms with E-state index in [1.807, 2.05) is 24.3 Å². The molecule has 5 heteroatoms. The van der Waals surface area contributed by atoms with Crippen LogP contribution in [0.1, 0.15) is 24.4 Å². The van der Waals surface area contributed by atoms with Crippen molar-refractivity contribution >= 4 is 5.69 Å². The summed E-state index contributed by atoms with van der Waals surface area (Å²) in [6, 6.07) is 7.34. The van der Waals surface area contributed by atoms with Crippen molar-refractivity contribution in [3.8, 4) is 0 Å². The van der Waals surface area contributed by atoms with Gasteiger partial charge in [0.2, 0.25) is 0 Å². The van der Waals surface area contributed by atoms with E-state index in [0.717, 1.165) is 24.3 Å². The van der Waals surface area contributed by atoms with Crippen molar-refractivity contribution in [2.24, 2.45) is 5.11 Å². The fourth-order valence-corrected chi connectivity index (χ4v) is 2.27. The third kappa shape index (κ3) is 2.52. The van der Waals surface area contributed by atoms with Crippen molar-refractivity contribution in [1.29, 1.82) is 0 Å². The van der Waals surface area contributed by atoms with Gasteiger partial charge in [0.25, 0.3) is 0 Å². The maximum atomic E-state index is 9.29. The predicted octanol–water partition coefficient (Wildman–Crippen LogP) is 2.63. The van der Waals surface area contributed by atoms with E-state index in [1.54, 1.807) is 0 Å². The Morgan fingerprint density at radius 3 is 2.71 bits per heavy atom. The summed E-state index contributed by atoms with van der Waals surface area (Å²) < 4.78 is 0. The predicted molar refractivity (Wildman–Crippen MR) is 66.9 cm³/mol. The molecule has 2 rings (SSSR count). The lowest BCUT2D eigenvalue weighted by molar-refractivity contribution is 0.268. The molecule has 0 saturated carbocycles. The number of nitrogens with zero attached hydrogens (tertiary/aromatic N) is 4. The first-order valence-corrected chi connectivity index (χ1v) is 5.85. The van der Waals surface area contributed by atoms with Crippen molar-refractivity contribution in [2.45, 2.75) is 18.9 Å². The van der Waals surface area contributed by atoms with Crippen molar-refractivity contribution < 1.29 is 5.11 Å². The zero-order chi connectivity index (χ0) is 12.1. The molecular weight excluding hydrogens is 216 g/mol. The number of azide groups is 1. The van der Waals surface area contributed by atoms with Crippen LogP contribution in [-0.4, -0.2) is 24.8 Å². The van der Waals surface area contributed by atoms with E-state index in [1.165, 1.54) is 12.8 Å². The van der Waals surface area contributed by atoms with Gasteiger partial charge in [0, 0.05) is 23.7 Å². The number of aliphatic hydroxyl groups excluding tert-OH is 1. The Labute approximate surface area is 100 Å². The third-order valence-electron chi connectivity index (χ3n) is 3.11. The van der Waals surface area contributed by atoms with Crippen LogP contribution < -0.4 is 4.90 Å². The standard InChI is InChI=1S/C12H16N4O/c13-15-14-11(9-17)10-5-1-2-6-12(10)16-7-3-4-8-16/h1-2,5-6,11,17H,3-4,7-9H2. The lowest BCUT2D eigenvalue weighted by Crippen LogP contribution is -2.20. The first-order chi connectivity index (χ1) is 8.36. The number of aliphatic hydroxyl groups is 1. The molecule has 0 spiro atoms. The van der Waals surface area contributed by atoms with E-state index in [0.29, 0.717) is 0 Å². The first-order valence-electron chi connectivity index (χ1n) is 5.85. The number of rotatable bonds is 4. The minimum atomic E-state index is -0.489. The van der Waals surface area contributed by atoms with Gasteiger partial charge in [0.1, 0.15) is 0 Å². The zero-order valence-electron chi connectivity index (χ0n) is 9.66. The number of benzene rings is 1. The van der Waals surface area contributed by atoms with Gasteiger partial charge >= 0.3 is 0 Å². The summed E-state index contributed by atoms with van der Waals surface area (Å²) in [5.41, 5.74) is 10.5. The number of hydrogen-bond donors (Lipinski definition) is 1. The Morgan fingerprint density at radius 2 is 2.06 bits per heavy atom. The van der Waals surface area contributed by atoms with E-state index >= 15 is 0 Å². The topological polar surface area (TPSA) is 72.2 Å². The van der Waals surface area contributed by atoms with Crippen LogP contribution in [0, 0.1) is 0 Å². The summed E-state index contributed by atoms with van der Waals surface area (Å²) in [5, 5.41) is 12.9. The average Bonchev–Trinajstić information content (AvgIpc) is 2.90. The fraction of sp³-hybridized carbons (Fsp3) is 0.500. The quantitative estimate of drug-likeness (QED) is 0.492. The molecule has 1 unspecified atom stereocenters. The van der Waals surface area contributed by atoms with Crippen LogP contribution in [-0.2, 0) is 0 Å². The average molecular weight is 232 g/mol. The summed E-state index contributed by atoms with van der Waals surface area (Å²) >= 11 is 0. The van der Waals surface area contributed by atoms with Crippen molar-refractivity contribution in [2.75, 3.05) is 24.6 Å². The van der Waals surface area contributed by atoms with Gasteiger partial charge in [-0.15, -0.1) is 0 Å². The van der Waals surface area contributed by atoms with Gasteiger partial charge in [0.15, 0.2) is 0 Å². The van der Waals surface area contributed by atoms with Crippen LogP contribution in [0.25, 0.3) is 10.4 Å². The molecule has 1 aromatic rings. The molecule has 1 aromatic carbocycles. The van der Waals surface area contributed by atoms with Crippen LogP contribution in [0.15, 0.2) is 29.4 Å². The molecule has 1 heterocycles. The second-order valence-electron chi connectivity index (χ2n) is 4.16. The third-order valence-corrected chi connectivity index (χ3v) is 3.11. The second-order valence-corrected chi connectivity index (χ2v) is 4.16. The zero-order valence-corrected chi connectivity index (χ0v) is 9.66. The Bertz CT molecular complexity index is 422. The molecule has 1 saturated heterocycles. The molecular formula is C12H16N4O. The number of hydrogen-bond acceptors (Lipinski definition) is 3. The molecule has 1 fully saturated rings. The number of para-hydroxylation sites is 1. The van der Waals surface area contributed by atoms with E-state index in [4.69, 9.17) is 5.53 Å². The Balaban J connectivity index is 2.34. The molecule has 1 aliphatic heterocycles. The van der Waals surface area contributed by atoms with Crippen LogP contribution in [0.2, 0.25) is 0 Å². The smallest absolute Gasteiger partial charge is 0.0876 e. The summed E-state index contributed by atoms with van der Waals surface area (Å²) in [5.74, 6) is 0. The molecule has 1 atom stereocenters. The summed E-state index contributed by atoms with van der Waals surface area (Å²) in [6.45, 7) is 1.91. The highest BCUT2D eigenvalue weighted by Gasteiger charge is 2.19. The maximum absolute atomic E-state index is 9.29. The van der Waals surface area contributed by atoms with Gasteiger partial charge < -0.3 is 10.0 Å². The molecule has 1 N–H and O–H groups in total. The molecule has 0 amide bonds. The first kappa shape index (κ1) is 11.8. The normalized spacial score (nSPS) is 16.6. The molecule has 17 heavy (non-hydrogen) atoms. The Kier molecular flexibility index (Phi) is 3.85. The van der Waals surface area contributed by atoms with Crippen LogP contribution >= 0.6 is 0 Å². The highest BCUT2D eigenvalue weighted by molar-refractivity contribution is 5.55. The highest BCUT2D eigenvalue weighted by atomic mass is 16.3. The van der Waals surface area contributed by atoms with Gasteiger partial charge in [-0.1, -0.05) is 23.3 Å². The lowest BCUT2D eigenvalue weighted by Gasteiger charge is -2.23. The molecule has 90 valence electrons. The minimum Gasteiger partial charge on any atom is -0.396 e. The SMILES string of the molecule is [N-]=[N+]=NC(CO)c1ccccc1N1CCCC1. The van der Waals surface area contributed by atoms with Gasteiger partial charge in [0.05, 0.1) is 12.6 Å². The monoisotopic (exact) mass is 232 g/mol. The molecule has 0 aliphatic carbocycles. The molecule has 1 aliphatic rings. The summed E-state index contributed by atoms with van der Waals surface area (Å²) in [4.78, 5) is 5.08. The lowest BCUT2D eigenvalue weighted by atomic mass is 10.1. The van der Waals surface area contributed by atoms with Gasteiger partial charge in [-0.05, 0) is 30.0 Å².